The molecule has 3 aromatic carbocycles. The highest BCUT2D eigenvalue weighted by Crippen LogP contribution is 2.25. The maximum atomic E-state index is 13.0. The van der Waals surface area contributed by atoms with Crippen molar-refractivity contribution in [2.24, 2.45) is 5.73 Å². The van der Waals surface area contributed by atoms with Gasteiger partial charge >= 0.3 is 5.97 Å². The van der Waals surface area contributed by atoms with Crippen molar-refractivity contribution in [2.45, 2.75) is 24.8 Å². The summed E-state index contributed by atoms with van der Waals surface area (Å²) in [5.74, 6) is -1.11. The van der Waals surface area contributed by atoms with E-state index < -0.39 is 28.2 Å². The lowest BCUT2D eigenvalue weighted by Crippen LogP contribution is -2.50. The molecule has 0 heterocycles. The Morgan fingerprint density at radius 3 is 2.19 bits per heavy atom. The van der Waals surface area contributed by atoms with E-state index in [1.165, 1.54) is 0 Å². The molecule has 0 bridgehead atoms. The summed E-state index contributed by atoms with van der Waals surface area (Å²) in [6, 6.07) is 22.9. The van der Waals surface area contributed by atoms with Gasteiger partial charge in [-0.25, -0.2) is 4.79 Å². The SMILES string of the molecule is Cc1ccc(CS(=O)(=O)OCC(N)(C(=O)OCc2ccccc2)c2ccc(Br)cc2)cc1. The molecule has 0 amide bonds. The zero-order valence-corrected chi connectivity index (χ0v) is 19.9. The number of hydrogen-bond donors (Lipinski definition) is 1. The van der Waals surface area contributed by atoms with Crippen LogP contribution in [0.4, 0.5) is 0 Å². The van der Waals surface area contributed by atoms with Crippen molar-refractivity contribution in [2.75, 3.05) is 6.61 Å². The second kappa shape index (κ2) is 10.4. The molecule has 168 valence electrons. The van der Waals surface area contributed by atoms with Gasteiger partial charge in [0, 0.05) is 4.47 Å². The first-order valence-electron chi connectivity index (χ1n) is 9.87. The molecule has 32 heavy (non-hydrogen) atoms. The van der Waals surface area contributed by atoms with Crippen LogP contribution in [0, 0.1) is 6.92 Å². The molecule has 0 saturated carbocycles. The summed E-state index contributed by atoms with van der Waals surface area (Å²) in [6.45, 7) is 1.33. The molecule has 0 radical (unpaired) electrons. The smallest absolute Gasteiger partial charge is 0.333 e. The van der Waals surface area contributed by atoms with Crippen molar-refractivity contribution in [3.63, 3.8) is 0 Å². The van der Waals surface area contributed by atoms with Crippen LogP contribution in [0.15, 0.2) is 83.3 Å². The Bertz CT molecular complexity index is 1150. The first-order chi connectivity index (χ1) is 15.2. The molecule has 0 aliphatic carbocycles. The first kappa shape index (κ1) is 24.1. The van der Waals surface area contributed by atoms with Crippen LogP contribution in [0.1, 0.15) is 22.3 Å². The van der Waals surface area contributed by atoms with Crippen LogP contribution in [-0.4, -0.2) is 21.0 Å². The van der Waals surface area contributed by atoms with Gasteiger partial charge in [-0.15, -0.1) is 0 Å². The Labute approximate surface area is 196 Å². The Morgan fingerprint density at radius 2 is 1.56 bits per heavy atom. The van der Waals surface area contributed by atoms with E-state index >= 15 is 0 Å². The molecule has 0 saturated heterocycles. The van der Waals surface area contributed by atoms with Gasteiger partial charge in [0.25, 0.3) is 10.1 Å². The minimum atomic E-state index is -3.99. The third-order valence-corrected chi connectivity index (χ3v) is 6.56. The van der Waals surface area contributed by atoms with Gasteiger partial charge in [-0.2, -0.15) is 8.42 Å². The van der Waals surface area contributed by atoms with Crippen molar-refractivity contribution in [3.05, 3.63) is 106 Å². The van der Waals surface area contributed by atoms with Crippen LogP contribution in [0.5, 0.6) is 0 Å². The van der Waals surface area contributed by atoms with Crippen molar-refractivity contribution in [1.29, 1.82) is 0 Å². The summed E-state index contributed by atoms with van der Waals surface area (Å²) in [6.07, 6.45) is 0. The van der Waals surface area contributed by atoms with E-state index in [0.717, 1.165) is 15.6 Å². The normalized spacial score (nSPS) is 13.3. The highest BCUT2D eigenvalue weighted by atomic mass is 79.9. The lowest BCUT2D eigenvalue weighted by Gasteiger charge is -2.27. The Kier molecular flexibility index (Phi) is 7.84. The van der Waals surface area contributed by atoms with Crippen LogP contribution >= 0.6 is 15.9 Å². The number of halogens is 1. The van der Waals surface area contributed by atoms with E-state index in [2.05, 4.69) is 15.9 Å². The quantitative estimate of drug-likeness (QED) is 0.337. The molecule has 2 N–H and O–H groups in total. The zero-order valence-electron chi connectivity index (χ0n) is 17.5. The third kappa shape index (κ3) is 6.49. The highest BCUT2D eigenvalue weighted by molar-refractivity contribution is 9.10. The topological polar surface area (TPSA) is 95.7 Å². The van der Waals surface area contributed by atoms with Crippen molar-refractivity contribution in [1.82, 2.24) is 0 Å². The number of carbonyl (C=O) groups excluding carboxylic acids is 1. The Morgan fingerprint density at radius 1 is 0.938 bits per heavy atom. The molecule has 0 aliphatic rings. The van der Waals surface area contributed by atoms with Crippen LogP contribution in [0.2, 0.25) is 0 Å². The Balaban J connectivity index is 1.78. The molecule has 1 unspecified atom stereocenters. The number of ether oxygens (including phenoxy) is 1. The van der Waals surface area contributed by atoms with E-state index in [-0.39, 0.29) is 12.4 Å². The number of carbonyl (C=O) groups is 1. The number of aryl methyl sites for hydroxylation is 1. The predicted molar refractivity (Wildman–Crippen MR) is 126 cm³/mol. The third-order valence-electron chi connectivity index (χ3n) is 4.87. The fourth-order valence-electron chi connectivity index (χ4n) is 2.97. The summed E-state index contributed by atoms with van der Waals surface area (Å²) in [5.41, 5.74) is 7.37. The second-order valence-electron chi connectivity index (χ2n) is 7.49. The van der Waals surface area contributed by atoms with Crippen LogP contribution in [-0.2, 0) is 41.7 Å². The van der Waals surface area contributed by atoms with Gasteiger partial charge in [-0.1, -0.05) is 88.2 Å². The zero-order chi connectivity index (χ0) is 23.2. The molecule has 0 aliphatic heterocycles. The summed E-state index contributed by atoms with van der Waals surface area (Å²) in [5, 5.41) is 0. The summed E-state index contributed by atoms with van der Waals surface area (Å²) < 4.78 is 36.6. The van der Waals surface area contributed by atoms with Gasteiger partial charge < -0.3 is 10.5 Å². The molecule has 0 fully saturated rings. The van der Waals surface area contributed by atoms with Gasteiger partial charge in [-0.05, 0) is 35.7 Å². The van der Waals surface area contributed by atoms with Gasteiger partial charge in [0.05, 0.1) is 6.61 Å². The minimum absolute atomic E-state index is 0.00523. The van der Waals surface area contributed by atoms with Crippen molar-refractivity contribution in [3.8, 4) is 0 Å². The average molecular weight is 518 g/mol. The molecule has 3 aromatic rings. The van der Waals surface area contributed by atoms with Gasteiger partial charge in [0.1, 0.15) is 12.4 Å². The fourth-order valence-corrected chi connectivity index (χ4v) is 4.29. The molecular weight excluding hydrogens is 494 g/mol. The number of hydrogen-bond acceptors (Lipinski definition) is 6. The monoisotopic (exact) mass is 517 g/mol. The molecule has 1 atom stereocenters. The average Bonchev–Trinajstić information content (AvgIpc) is 2.78. The predicted octanol–water partition coefficient (Wildman–Crippen LogP) is 4.20. The second-order valence-corrected chi connectivity index (χ2v) is 10.0. The molecule has 0 spiro atoms. The largest absolute Gasteiger partial charge is 0.459 e. The lowest BCUT2D eigenvalue weighted by atomic mass is 9.92. The molecular formula is C24H24BrNO5S. The van der Waals surface area contributed by atoms with E-state index in [1.54, 1.807) is 36.4 Å². The minimum Gasteiger partial charge on any atom is -0.459 e. The maximum absolute atomic E-state index is 13.0. The highest BCUT2D eigenvalue weighted by Gasteiger charge is 2.40. The molecule has 6 nitrogen and oxygen atoms in total. The summed E-state index contributed by atoms with van der Waals surface area (Å²) >= 11 is 3.34. The lowest BCUT2D eigenvalue weighted by molar-refractivity contribution is -0.153. The van der Waals surface area contributed by atoms with Crippen molar-refractivity contribution < 1.29 is 22.1 Å². The van der Waals surface area contributed by atoms with E-state index in [1.807, 2.05) is 49.4 Å². The van der Waals surface area contributed by atoms with E-state index in [9.17, 15) is 13.2 Å². The van der Waals surface area contributed by atoms with Crippen LogP contribution in [0.25, 0.3) is 0 Å². The number of nitrogens with two attached hydrogens (primary N) is 1. The van der Waals surface area contributed by atoms with Crippen LogP contribution in [0.3, 0.4) is 0 Å². The van der Waals surface area contributed by atoms with Crippen molar-refractivity contribution >= 4 is 32.0 Å². The molecule has 8 heteroatoms. The van der Waals surface area contributed by atoms with Gasteiger partial charge in [0.15, 0.2) is 5.54 Å². The van der Waals surface area contributed by atoms with Gasteiger partial charge in [0.2, 0.25) is 0 Å². The first-order valence-corrected chi connectivity index (χ1v) is 12.2. The maximum Gasteiger partial charge on any atom is 0.333 e. The number of rotatable bonds is 9. The standard InChI is InChI=1S/C24H24BrNO5S/c1-18-7-9-20(10-8-18)16-32(28,29)31-17-24(26,21-11-13-22(25)14-12-21)23(27)30-15-19-5-3-2-4-6-19/h2-14H,15-17,26H2,1H3. The van der Waals surface area contributed by atoms with E-state index in [4.69, 9.17) is 14.7 Å². The Hall–Kier alpha value is -2.52. The molecule has 0 aromatic heterocycles. The molecule has 3 rings (SSSR count). The van der Waals surface area contributed by atoms with Crippen LogP contribution < -0.4 is 5.73 Å². The number of esters is 1. The van der Waals surface area contributed by atoms with Gasteiger partial charge in [-0.3, -0.25) is 4.18 Å². The fraction of sp³-hybridized carbons (Fsp3) is 0.208. The number of benzene rings is 3. The van der Waals surface area contributed by atoms with E-state index in [0.29, 0.717) is 11.1 Å². The summed E-state index contributed by atoms with van der Waals surface area (Å²) in [4.78, 5) is 13.0. The summed E-state index contributed by atoms with van der Waals surface area (Å²) in [7, 11) is -3.99.